The van der Waals surface area contributed by atoms with Crippen LogP contribution in [0, 0.1) is 5.92 Å². The number of hydrogen-bond donors (Lipinski definition) is 2. The highest BCUT2D eigenvalue weighted by Gasteiger charge is 2.21. The van der Waals surface area contributed by atoms with Crippen molar-refractivity contribution in [2.45, 2.75) is 25.8 Å². The first kappa shape index (κ1) is 20.9. The van der Waals surface area contributed by atoms with Gasteiger partial charge in [-0.25, -0.2) is 24.9 Å². The molecule has 2 aromatic rings. The highest BCUT2D eigenvalue weighted by atomic mass is 15.2. The second-order valence-electron chi connectivity index (χ2n) is 8.96. The van der Waals surface area contributed by atoms with Crippen LogP contribution in [-0.2, 0) is 13.0 Å². The standard InChI is InChI=1S/C26H28N8/c1-2-21(20-12-18-6-7-28-24(13-18)29-16-20)22-17-32-26(33-23(22)3-1)31-15-19-4-5-25(30-14-19)34-10-8-27-9-11-34/h2,4-7,12,14,16-18,27H,1,3,8-11,13,15H2,(H,31,32,33). The van der Waals surface area contributed by atoms with E-state index < -0.39 is 0 Å². The Labute approximate surface area is 199 Å². The number of anilines is 2. The van der Waals surface area contributed by atoms with E-state index in [0.29, 0.717) is 18.4 Å². The van der Waals surface area contributed by atoms with Crippen molar-refractivity contribution in [3.63, 3.8) is 0 Å². The minimum absolute atomic E-state index is 0.338. The molecule has 2 bridgehead atoms. The minimum atomic E-state index is 0.338. The molecule has 34 heavy (non-hydrogen) atoms. The molecule has 172 valence electrons. The van der Waals surface area contributed by atoms with E-state index in [4.69, 9.17) is 4.98 Å². The summed E-state index contributed by atoms with van der Waals surface area (Å²) in [7, 11) is 0. The average Bonchev–Trinajstić information content (AvgIpc) is 3.04. The van der Waals surface area contributed by atoms with E-state index in [9.17, 15) is 0 Å². The zero-order valence-electron chi connectivity index (χ0n) is 19.1. The van der Waals surface area contributed by atoms with Crippen molar-refractivity contribution in [1.82, 2.24) is 20.3 Å². The first-order valence-electron chi connectivity index (χ1n) is 12.0. The summed E-state index contributed by atoms with van der Waals surface area (Å²) < 4.78 is 0. The molecule has 0 aromatic carbocycles. The largest absolute Gasteiger partial charge is 0.354 e. The summed E-state index contributed by atoms with van der Waals surface area (Å²) in [6.45, 7) is 4.66. The van der Waals surface area contributed by atoms with Gasteiger partial charge >= 0.3 is 0 Å². The SMILES string of the molecule is C1=CC2C=C(C3=CCCc4nc(NCc5ccc(N6CCNCC6)nc5)ncc43)C=NC(=N1)C2. The second-order valence-corrected chi connectivity index (χ2v) is 8.96. The molecule has 0 spiro atoms. The summed E-state index contributed by atoms with van der Waals surface area (Å²) in [5.74, 6) is 2.92. The molecule has 1 atom stereocenters. The van der Waals surface area contributed by atoms with Gasteiger partial charge in [-0.15, -0.1) is 0 Å². The Hall–Kier alpha value is -3.65. The molecular weight excluding hydrogens is 424 g/mol. The Kier molecular flexibility index (Phi) is 5.73. The van der Waals surface area contributed by atoms with Gasteiger partial charge in [-0.1, -0.05) is 24.3 Å². The minimum Gasteiger partial charge on any atom is -0.354 e. The monoisotopic (exact) mass is 452 g/mol. The van der Waals surface area contributed by atoms with Crippen LogP contribution in [0.2, 0.25) is 0 Å². The van der Waals surface area contributed by atoms with Crippen LogP contribution in [0.1, 0.15) is 29.7 Å². The number of aryl methyl sites for hydroxylation is 1. The van der Waals surface area contributed by atoms with E-state index in [1.54, 1.807) is 0 Å². The lowest BCUT2D eigenvalue weighted by molar-refractivity contribution is 0.585. The Morgan fingerprint density at radius 1 is 1.12 bits per heavy atom. The van der Waals surface area contributed by atoms with E-state index in [0.717, 1.165) is 79.5 Å². The number of amidine groups is 1. The lowest BCUT2D eigenvalue weighted by atomic mass is 9.89. The van der Waals surface area contributed by atoms with Crippen LogP contribution in [-0.4, -0.2) is 53.2 Å². The highest BCUT2D eigenvalue weighted by molar-refractivity contribution is 6.07. The van der Waals surface area contributed by atoms with Crippen LogP contribution in [0.25, 0.3) is 5.57 Å². The van der Waals surface area contributed by atoms with Gasteiger partial charge in [0.15, 0.2) is 0 Å². The number of piperazine rings is 1. The molecule has 5 heterocycles. The first-order valence-corrected chi connectivity index (χ1v) is 12.0. The van der Waals surface area contributed by atoms with Crippen LogP contribution >= 0.6 is 0 Å². The van der Waals surface area contributed by atoms with Crippen molar-refractivity contribution in [3.05, 3.63) is 71.3 Å². The normalized spacial score (nSPS) is 21.2. The summed E-state index contributed by atoms with van der Waals surface area (Å²) in [6.07, 6.45) is 17.1. The van der Waals surface area contributed by atoms with Crippen LogP contribution < -0.4 is 15.5 Å². The summed E-state index contributed by atoms with van der Waals surface area (Å²) in [4.78, 5) is 25.4. The number of nitrogens with zero attached hydrogens (tertiary/aromatic N) is 6. The number of nitrogens with one attached hydrogen (secondary N) is 2. The third-order valence-corrected chi connectivity index (χ3v) is 6.62. The highest BCUT2D eigenvalue weighted by Crippen LogP contribution is 2.33. The van der Waals surface area contributed by atoms with Crippen molar-refractivity contribution >= 4 is 29.4 Å². The van der Waals surface area contributed by atoms with Gasteiger partial charge in [0.25, 0.3) is 0 Å². The third kappa shape index (κ3) is 4.41. The molecule has 0 radical (unpaired) electrons. The second kappa shape index (κ2) is 9.30. The number of fused-ring (bicyclic) bond motifs is 3. The fraction of sp³-hybridized carbons (Fsp3) is 0.346. The van der Waals surface area contributed by atoms with Gasteiger partial charge in [0.2, 0.25) is 5.95 Å². The number of allylic oxidation sites excluding steroid dienone is 5. The molecule has 6 rings (SSSR count). The molecule has 0 amide bonds. The van der Waals surface area contributed by atoms with Gasteiger partial charge in [0.05, 0.1) is 5.69 Å². The Morgan fingerprint density at radius 2 is 2.06 bits per heavy atom. The molecule has 8 heteroatoms. The predicted molar refractivity (Wildman–Crippen MR) is 136 cm³/mol. The Morgan fingerprint density at radius 3 is 2.94 bits per heavy atom. The van der Waals surface area contributed by atoms with Crippen LogP contribution in [0.15, 0.2) is 64.5 Å². The molecule has 0 saturated carbocycles. The average molecular weight is 453 g/mol. The van der Waals surface area contributed by atoms with Gasteiger partial charge in [-0.05, 0) is 35.6 Å². The zero-order valence-corrected chi connectivity index (χ0v) is 19.1. The molecule has 2 aromatic heterocycles. The van der Waals surface area contributed by atoms with Crippen LogP contribution in [0.3, 0.4) is 0 Å². The lowest BCUT2D eigenvalue weighted by Crippen LogP contribution is -2.43. The zero-order chi connectivity index (χ0) is 22.7. The molecule has 2 N–H and O–H groups in total. The van der Waals surface area contributed by atoms with Crippen LogP contribution in [0.5, 0.6) is 0 Å². The molecule has 1 fully saturated rings. The number of pyridine rings is 1. The smallest absolute Gasteiger partial charge is 0.223 e. The lowest BCUT2D eigenvalue weighted by Gasteiger charge is -2.28. The van der Waals surface area contributed by atoms with Crippen LogP contribution in [0.4, 0.5) is 11.8 Å². The molecular formula is C26H28N8. The summed E-state index contributed by atoms with van der Waals surface area (Å²) in [5, 5.41) is 6.75. The maximum Gasteiger partial charge on any atom is 0.223 e. The van der Waals surface area contributed by atoms with E-state index in [1.165, 1.54) is 5.57 Å². The number of aromatic nitrogens is 3. The van der Waals surface area contributed by atoms with Gasteiger partial charge in [-0.2, -0.15) is 0 Å². The molecule has 8 nitrogen and oxygen atoms in total. The maximum absolute atomic E-state index is 4.85. The van der Waals surface area contributed by atoms with Gasteiger partial charge in [0, 0.05) is 75.4 Å². The van der Waals surface area contributed by atoms with E-state index in [2.05, 4.69) is 65.8 Å². The molecule has 1 aliphatic carbocycles. The first-order chi connectivity index (χ1) is 16.8. The molecule has 3 aliphatic heterocycles. The van der Waals surface area contributed by atoms with Gasteiger partial charge in [0.1, 0.15) is 11.7 Å². The van der Waals surface area contributed by atoms with Crippen molar-refractivity contribution in [3.8, 4) is 0 Å². The van der Waals surface area contributed by atoms with Gasteiger partial charge in [-0.3, -0.25) is 0 Å². The number of rotatable bonds is 5. The predicted octanol–water partition coefficient (Wildman–Crippen LogP) is 3.17. The quantitative estimate of drug-likeness (QED) is 0.724. The Balaban J connectivity index is 1.15. The molecule has 1 saturated heterocycles. The van der Waals surface area contributed by atoms with E-state index in [1.807, 2.05) is 24.8 Å². The fourth-order valence-corrected chi connectivity index (χ4v) is 4.79. The number of hydrogen-bond acceptors (Lipinski definition) is 8. The summed E-state index contributed by atoms with van der Waals surface area (Å²) in [6, 6.07) is 4.23. The van der Waals surface area contributed by atoms with Gasteiger partial charge < -0.3 is 15.5 Å². The summed E-state index contributed by atoms with van der Waals surface area (Å²) in [5.41, 5.74) is 5.59. The fourth-order valence-electron chi connectivity index (χ4n) is 4.79. The number of aliphatic imine (C=N–C) groups is 2. The van der Waals surface area contributed by atoms with E-state index >= 15 is 0 Å². The third-order valence-electron chi connectivity index (χ3n) is 6.62. The maximum atomic E-state index is 4.85. The van der Waals surface area contributed by atoms with Crippen molar-refractivity contribution < 1.29 is 0 Å². The molecule has 4 aliphatic rings. The van der Waals surface area contributed by atoms with Crippen molar-refractivity contribution in [2.24, 2.45) is 15.9 Å². The van der Waals surface area contributed by atoms with Crippen molar-refractivity contribution in [1.29, 1.82) is 0 Å². The summed E-state index contributed by atoms with van der Waals surface area (Å²) >= 11 is 0. The topological polar surface area (TPSA) is 90.7 Å². The van der Waals surface area contributed by atoms with E-state index in [-0.39, 0.29) is 0 Å². The molecule has 1 unspecified atom stereocenters. The Bertz CT molecular complexity index is 1220. The van der Waals surface area contributed by atoms with Crippen molar-refractivity contribution in [2.75, 3.05) is 36.4 Å².